The number of hydrogen-bond donors (Lipinski definition) is 0. The fourth-order valence-electron chi connectivity index (χ4n) is 1.21. The van der Waals surface area contributed by atoms with E-state index in [9.17, 15) is 13.6 Å². The van der Waals surface area contributed by atoms with Gasteiger partial charge < -0.3 is 9.47 Å². The lowest BCUT2D eigenvalue weighted by molar-refractivity contribution is -0.0499. The molecule has 0 saturated heterocycles. The Morgan fingerprint density at radius 2 is 2.22 bits per heavy atom. The normalized spacial score (nSPS) is 10.0. The number of rotatable bonds is 4. The average molecular weight is 367 g/mol. The number of carbonyl (C=O) groups excluding carboxylic acids is 1. The van der Waals surface area contributed by atoms with E-state index in [0.29, 0.717) is 3.57 Å². The Labute approximate surface area is 116 Å². The van der Waals surface area contributed by atoms with Crippen LogP contribution in [0.15, 0.2) is 12.1 Å². The minimum atomic E-state index is -3.02. The molecule has 0 saturated carbocycles. The molecule has 0 unspecified atom stereocenters. The molecule has 0 N–H and O–H groups in total. The van der Waals surface area contributed by atoms with Gasteiger partial charge in [0.05, 0.1) is 17.7 Å². The minimum absolute atomic E-state index is 0.0344. The fourth-order valence-corrected chi connectivity index (χ4v) is 1.86. The van der Waals surface area contributed by atoms with Crippen molar-refractivity contribution in [3.05, 3.63) is 26.8 Å². The molecule has 7 heteroatoms. The zero-order valence-corrected chi connectivity index (χ0v) is 11.4. The molecule has 0 atom stereocenters. The predicted octanol–water partition coefficient (Wildman–Crippen LogP) is 2.94. The lowest BCUT2D eigenvalue weighted by Gasteiger charge is -2.10. The summed E-state index contributed by atoms with van der Waals surface area (Å²) in [5.41, 5.74) is 0.115. The summed E-state index contributed by atoms with van der Waals surface area (Å²) < 4.78 is 33.5. The number of ether oxygens (including phenoxy) is 2. The molecule has 18 heavy (non-hydrogen) atoms. The topological polar surface area (TPSA) is 59.3 Å². The third-order valence-corrected chi connectivity index (χ3v) is 3.05. The highest BCUT2D eigenvalue weighted by Crippen LogP contribution is 2.25. The van der Waals surface area contributed by atoms with E-state index in [-0.39, 0.29) is 23.5 Å². The van der Waals surface area contributed by atoms with E-state index in [1.807, 2.05) is 0 Å². The van der Waals surface area contributed by atoms with Crippen LogP contribution in [0.5, 0.6) is 5.75 Å². The monoisotopic (exact) mass is 367 g/mol. The highest BCUT2D eigenvalue weighted by Gasteiger charge is 2.18. The highest BCUT2D eigenvalue weighted by molar-refractivity contribution is 14.1. The second-order valence-corrected chi connectivity index (χ2v) is 4.12. The maximum absolute atomic E-state index is 12.1. The largest absolute Gasteiger partial charge is 0.462 e. The number of hydrogen-bond acceptors (Lipinski definition) is 4. The Bertz CT molecular complexity index is 500. The molecule has 1 aromatic carbocycles. The number of nitriles is 1. The van der Waals surface area contributed by atoms with Crippen LogP contribution in [0.25, 0.3) is 0 Å². The first-order chi connectivity index (χ1) is 8.49. The van der Waals surface area contributed by atoms with Crippen molar-refractivity contribution in [2.45, 2.75) is 13.5 Å². The molecule has 0 aliphatic carbocycles. The van der Waals surface area contributed by atoms with Gasteiger partial charge in [0.2, 0.25) is 0 Å². The maximum Gasteiger partial charge on any atom is 0.387 e. The van der Waals surface area contributed by atoms with Gasteiger partial charge in [-0.05, 0) is 41.6 Å². The van der Waals surface area contributed by atoms with Gasteiger partial charge in [0.15, 0.2) is 0 Å². The van der Waals surface area contributed by atoms with Crippen molar-refractivity contribution in [1.82, 2.24) is 0 Å². The molecule has 1 rings (SSSR count). The van der Waals surface area contributed by atoms with Crippen LogP contribution in [0, 0.1) is 14.9 Å². The quantitative estimate of drug-likeness (QED) is 0.607. The Morgan fingerprint density at radius 3 is 2.72 bits per heavy atom. The van der Waals surface area contributed by atoms with Crippen LogP contribution < -0.4 is 4.74 Å². The van der Waals surface area contributed by atoms with Crippen LogP contribution in [0.1, 0.15) is 22.8 Å². The number of alkyl halides is 2. The molecule has 0 heterocycles. The molecule has 0 fully saturated rings. The summed E-state index contributed by atoms with van der Waals surface area (Å²) in [6, 6.07) is 4.09. The Kier molecular flexibility index (Phi) is 5.27. The molecule has 0 aliphatic rings. The zero-order valence-electron chi connectivity index (χ0n) is 9.25. The van der Waals surface area contributed by atoms with Crippen molar-refractivity contribution >= 4 is 28.6 Å². The van der Waals surface area contributed by atoms with Crippen LogP contribution in [0.3, 0.4) is 0 Å². The molecule has 1 aromatic rings. The number of carbonyl (C=O) groups is 1. The smallest absolute Gasteiger partial charge is 0.387 e. The van der Waals surface area contributed by atoms with Gasteiger partial charge in [-0.3, -0.25) is 0 Å². The zero-order chi connectivity index (χ0) is 13.7. The lowest BCUT2D eigenvalue weighted by Crippen LogP contribution is -2.10. The summed E-state index contributed by atoms with van der Waals surface area (Å²) in [4.78, 5) is 11.6. The van der Waals surface area contributed by atoms with E-state index in [2.05, 4.69) is 4.74 Å². The number of esters is 1. The van der Waals surface area contributed by atoms with Crippen molar-refractivity contribution < 1.29 is 23.0 Å². The molecule has 0 radical (unpaired) electrons. The first kappa shape index (κ1) is 14.6. The SMILES string of the molecule is CCOC(=O)c1cc(OC(F)F)cc(C#N)c1I. The van der Waals surface area contributed by atoms with Crippen molar-refractivity contribution in [2.24, 2.45) is 0 Å². The van der Waals surface area contributed by atoms with Crippen LogP contribution in [0.2, 0.25) is 0 Å². The summed E-state index contributed by atoms with van der Waals surface area (Å²) in [7, 11) is 0. The second-order valence-electron chi connectivity index (χ2n) is 3.04. The van der Waals surface area contributed by atoms with Crippen LogP contribution in [-0.2, 0) is 4.74 Å². The van der Waals surface area contributed by atoms with Gasteiger partial charge in [-0.25, -0.2) is 4.79 Å². The summed E-state index contributed by atoms with van der Waals surface area (Å²) in [5, 5.41) is 8.86. The van der Waals surface area contributed by atoms with E-state index >= 15 is 0 Å². The van der Waals surface area contributed by atoms with Gasteiger partial charge >= 0.3 is 12.6 Å². The molecule has 0 aromatic heterocycles. The Morgan fingerprint density at radius 1 is 1.56 bits per heavy atom. The molecular weight excluding hydrogens is 359 g/mol. The van der Waals surface area contributed by atoms with Gasteiger partial charge in [-0.2, -0.15) is 14.0 Å². The van der Waals surface area contributed by atoms with Crippen molar-refractivity contribution in [3.8, 4) is 11.8 Å². The Balaban J connectivity index is 3.23. The van der Waals surface area contributed by atoms with Crippen molar-refractivity contribution in [2.75, 3.05) is 6.61 Å². The molecule has 0 amide bonds. The van der Waals surface area contributed by atoms with Crippen molar-refractivity contribution in [1.29, 1.82) is 5.26 Å². The third-order valence-electron chi connectivity index (χ3n) is 1.89. The molecular formula is C11H8F2INO3. The molecule has 0 bridgehead atoms. The third kappa shape index (κ3) is 3.53. The maximum atomic E-state index is 12.1. The summed E-state index contributed by atoms with van der Waals surface area (Å²) in [6.07, 6.45) is 0. The fraction of sp³-hybridized carbons (Fsp3) is 0.273. The molecule has 96 valence electrons. The number of halogens is 3. The van der Waals surface area contributed by atoms with E-state index in [1.54, 1.807) is 35.6 Å². The minimum Gasteiger partial charge on any atom is -0.462 e. The Hall–Kier alpha value is -1.43. The van der Waals surface area contributed by atoms with E-state index in [0.717, 1.165) is 12.1 Å². The second kappa shape index (κ2) is 6.49. The number of nitrogens with zero attached hydrogens (tertiary/aromatic N) is 1. The van der Waals surface area contributed by atoms with E-state index in [1.165, 1.54) is 0 Å². The highest BCUT2D eigenvalue weighted by atomic mass is 127. The van der Waals surface area contributed by atoms with Gasteiger partial charge in [0, 0.05) is 3.57 Å². The number of benzene rings is 1. The van der Waals surface area contributed by atoms with Gasteiger partial charge in [0.25, 0.3) is 0 Å². The predicted molar refractivity (Wildman–Crippen MR) is 66.5 cm³/mol. The van der Waals surface area contributed by atoms with Crippen molar-refractivity contribution in [3.63, 3.8) is 0 Å². The van der Waals surface area contributed by atoms with Gasteiger partial charge in [-0.1, -0.05) is 0 Å². The molecule has 0 aliphatic heterocycles. The van der Waals surface area contributed by atoms with E-state index in [4.69, 9.17) is 10.00 Å². The van der Waals surface area contributed by atoms with Crippen LogP contribution in [0.4, 0.5) is 8.78 Å². The molecule has 4 nitrogen and oxygen atoms in total. The van der Waals surface area contributed by atoms with E-state index < -0.39 is 12.6 Å². The first-order valence-electron chi connectivity index (χ1n) is 4.85. The van der Waals surface area contributed by atoms with Gasteiger partial charge in [-0.15, -0.1) is 0 Å². The van der Waals surface area contributed by atoms with Gasteiger partial charge in [0.1, 0.15) is 11.8 Å². The first-order valence-corrected chi connectivity index (χ1v) is 5.93. The summed E-state index contributed by atoms with van der Waals surface area (Å²) >= 11 is 1.78. The van der Waals surface area contributed by atoms with Crippen LogP contribution >= 0.6 is 22.6 Å². The van der Waals surface area contributed by atoms with Crippen LogP contribution in [-0.4, -0.2) is 19.2 Å². The standard InChI is InChI=1S/C11H8F2INO3/c1-2-17-10(16)8-4-7(18-11(12)13)3-6(5-15)9(8)14/h3-4,11H,2H2,1H3. The summed E-state index contributed by atoms with van der Waals surface area (Å²) in [5.74, 6) is -0.928. The average Bonchev–Trinajstić information content (AvgIpc) is 2.30. The summed E-state index contributed by atoms with van der Waals surface area (Å²) in [6.45, 7) is -1.25. The molecule has 0 spiro atoms. The lowest BCUT2D eigenvalue weighted by atomic mass is 10.1.